The Kier molecular flexibility index (Phi) is 5.30. The molecule has 0 unspecified atom stereocenters. The second-order valence-electron chi connectivity index (χ2n) is 6.96. The Hall–Kier alpha value is -4.11. The van der Waals surface area contributed by atoms with Crippen LogP contribution in [0.5, 0.6) is 11.5 Å². The summed E-state index contributed by atoms with van der Waals surface area (Å²) in [5.41, 5.74) is 6.57. The minimum absolute atomic E-state index is 0.0467. The van der Waals surface area contributed by atoms with Crippen LogP contribution in [0.1, 0.15) is 10.4 Å². The molecule has 1 aliphatic rings. The topological polar surface area (TPSA) is 94.5 Å². The smallest absolute Gasteiger partial charge is 0.283 e. The highest BCUT2D eigenvalue weighted by Gasteiger charge is 2.28. The van der Waals surface area contributed by atoms with E-state index in [1.165, 1.54) is 11.3 Å². The molecule has 5 rings (SSSR count). The van der Waals surface area contributed by atoms with Gasteiger partial charge in [0.25, 0.3) is 11.8 Å². The van der Waals surface area contributed by atoms with E-state index in [-0.39, 0.29) is 6.61 Å². The van der Waals surface area contributed by atoms with Crippen LogP contribution in [-0.4, -0.2) is 34.3 Å². The molecule has 3 heterocycles. The molecule has 1 aliphatic heterocycles. The third-order valence-corrected chi connectivity index (χ3v) is 5.71. The molecule has 2 aromatic carbocycles. The Morgan fingerprint density at radius 2 is 1.75 bits per heavy atom. The number of nitrogens with zero attached hydrogens (tertiary/aromatic N) is 2. The van der Waals surface area contributed by atoms with E-state index >= 15 is 0 Å². The maximum atomic E-state index is 12.9. The molecule has 0 radical (unpaired) electrons. The van der Waals surface area contributed by atoms with Gasteiger partial charge in [-0.25, -0.2) is 4.68 Å². The van der Waals surface area contributed by atoms with Crippen LogP contribution in [-0.2, 0) is 4.79 Å². The predicted octanol–water partition coefficient (Wildman–Crippen LogP) is 3.20. The minimum atomic E-state index is -0.881. The molecule has 0 bridgehead atoms. The summed E-state index contributed by atoms with van der Waals surface area (Å²) in [4.78, 5) is 26.3. The number of ether oxygens (including phenoxy) is 2. The van der Waals surface area contributed by atoms with Crippen molar-refractivity contribution in [3.05, 3.63) is 83.9 Å². The Balaban J connectivity index is 1.32. The molecular formula is C23H18N4O4S. The van der Waals surface area contributed by atoms with E-state index in [9.17, 15) is 9.59 Å². The van der Waals surface area contributed by atoms with Gasteiger partial charge in [-0.3, -0.25) is 20.4 Å². The number of fused-ring (bicyclic) bond motifs is 1. The Morgan fingerprint density at radius 3 is 2.53 bits per heavy atom. The maximum absolute atomic E-state index is 12.9. The monoisotopic (exact) mass is 446 g/mol. The molecule has 8 nitrogen and oxygen atoms in total. The van der Waals surface area contributed by atoms with Gasteiger partial charge in [-0.2, -0.15) is 5.10 Å². The number of hydrazine groups is 1. The molecule has 32 heavy (non-hydrogen) atoms. The van der Waals surface area contributed by atoms with E-state index in [2.05, 4.69) is 16.0 Å². The molecule has 0 fully saturated rings. The lowest BCUT2D eigenvalue weighted by atomic mass is 10.2. The molecule has 1 atom stereocenters. The van der Waals surface area contributed by atoms with E-state index in [4.69, 9.17) is 9.47 Å². The van der Waals surface area contributed by atoms with Crippen LogP contribution in [0.25, 0.3) is 16.3 Å². The first-order valence-electron chi connectivity index (χ1n) is 9.87. The van der Waals surface area contributed by atoms with Gasteiger partial charge in [0.2, 0.25) is 6.10 Å². The van der Waals surface area contributed by atoms with Gasteiger partial charge in [-0.05, 0) is 35.7 Å². The first-order valence-corrected chi connectivity index (χ1v) is 10.7. The number of carbonyl (C=O) groups is 2. The van der Waals surface area contributed by atoms with Crippen LogP contribution in [0.15, 0.2) is 78.3 Å². The van der Waals surface area contributed by atoms with Crippen molar-refractivity contribution >= 4 is 23.2 Å². The van der Waals surface area contributed by atoms with Crippen molar-refractivity contribution in [1.82, 2.24) is 20.6 Å². The van der Waals surface area contributed by atoms with Crippen LogP contribution in [0.2, 0.25) is 0 Å². The lowest BCUT2D eigenvalue weighted by Crippen LogP contribution is -2.50. The lowest BCUT2D eigenvalue weighted by molar-refractivity contribution is -0.131. The summed E-state index contributed by atoms with van der Waals surface area (Å²) >= 11 is 1.48. The SMILES string of the molecule is O=C(NNC(=O)[C@@H]1COc2ccccc2O1)c1cn(-c2ccccc2)nc1-c1cccs1. The van der Waals surface area contributed by atoms with Gasteiger partial charge >= 0.3 is 0 Å². The molecule has 2 N–H and O–H groups in total. The maximum Gasteiger partial charge on any atom is 0.283 e. The zero-order valence-electron chi connectivity index (χ0n) is 16.7. The van der Waals surface area contributed by atoms with Gasteiger partial charge < -0.3 is 9.47 Å². The summed E-state index contributed by atoms with van der Waals surface area (Å²) in [6.45, 7) is 0.0467. The van der Waals surface area contributed by atoms with Crippen LogP contribution in [0, 0.1) is 0 Å². The van der Waals surface area contributed by atoms with Crippen molar-refractivity contribution in [1.29, 1.82) is 0 Å². The fourth-order valence-corrected chi connectivity index (χ4v) is 3.99. The van der Waals surface area contributed by atoms with Gasteiger partial charge in [0.15, 0.2) is 11.5 Å². The van der Waals surface area contributed by atoms with Crippen LogP contribution in [0.3, 0.4) is 0 Å². The van der Waals surface area contributed by atoms with E-state index in [0.29, 0.717) is 22.8 Å². The number of para-hydroxylation sites is 3. The zero-order valence-corrected chi connectivity index (χ0v) is 17.5. The number of thiophene rings is 1. The van der Waals surface area contributed by atoms with Crippen molar-refractivity contribution in [2.24, 2.45) is 0 Å². The van der Waals surface area contributed by atoms with E-state index in [1.807, 2.05) is 53.9 Å². The highest BCUT2D eigenvalue weighted by Crippen LogP contribution is 2.31. The van der Waals surface area contributed by atoms with Crippen LogP contribution in [0.4, 0.5) is 0 Å². The van der Waals surface area contributed by atoms with Crippen LogP contribution < -0.4 is 20.3 Å². The number of aromatic nitrogens is 2. The molecule has 0 spiro atoms. The van der Waals surface area contributed by atoms with Gasteiger partial charge in [0, 0.05) is 6.20 Å². The summed E-state index contributed by atoms with van der Waals surface area (Å²) in [5.74, 6) is 0.0610. The molecule has 9 heteroatoms. The highest BCUT2D eigenvalue weighted by atomic mass is 32.1. The number of benzene rings is 2. The Labute approximate surface area is 187 Å². The molecule has 0 saturated carbocycles. The number of hydrogen-bond donors (Lipinski definition) is 2. The molecule has 2 aromatic heterocycles. The molecule has 160 valence electrons. The van der Waals surface area contributed by atoms with Crippen molar-refractivity contribution in [2.75, 3.05) is 6.61 Å². The zero-order chi connectivity index (χ0) is 21.9. The van der Waals surface area contributed by atoms with Gasteiger partial charge in [-0.1, -0.05) is 36.4 Å². The number of rotatable bonds is 4. The lowest BCUT2D eigenvalue weighted by Gasteiger charge is -2.25. The van der Waals surface area contributed by atoms with Gasteiger partial charge in [-0.15, -0.1) is 11.3 Å². The second-order valence-corrected chi connectivity index (χ2v) is 7.90. The number of nitrogens with one attached hydrogen (secondary N) is 2. The molecule has 0 saturated heterocycles. The second kappa shape index (κ2) is 8.56. The van der Waals surface area contributed by atoms with Crippen molar-refractivity contribution < 1.29 is 19.1 Å². The summed E-state index contributed by atoms with van der Waals surface area (Å²) in [5, 5.41) is 6.51. The van der Waals surface area contributed by atoms with Gasteiger partial charge in [0.1, 0.15) is 12.3 Å². The minimum Gasteiger partial charge on any atom is -0.485 e. The summed E-state index contributed by atoms with van der Waals surface area (Å²) < 4.78 is 12.9. The first kappa shape index (κ1) is 19.8. The van der Waals surface area contributed by atoms with Crippen LogP contribution >= 0.6 is 11.3 Å². The van der Waals surface area contributed by atoms with Crippen molar-refractivity contribution in [3.8, 4) is 27.8 Å². The van der Waals surface area contributed by atoms with Crippen molar-refractivity contribution in [2.45, 2.75) is 6.10 Å². The van der Waals surface area contributed by atoms with Crippen molar-refractivity contribution in [3.63, 3.8) is 0 Å². The summed E-state index contributed by atoms with van der Waals surface area (Å²) in [6.07, 6.45) is 0.761. The third kappa shape index (κ3) is 3.93. The largest absolute Gasteiger partial charge is 0.485 e. The third-order valence-electron chi connectivity index (χ3n) is 4.83. The van der Waals surface area contributed by atoms with Gasteiger partial charge in [0.05, 0.1) is 16.1 Å². The quantitative estimate of drug-likeness (QED) is 0.470. The number of carbonyl (C=O) groups excluding carboxylic acids is 2. The van der Waals surface area contributed by atoms with E-state index < -0.39 is 17.9 Å². The predicted molar refractivity (Wildman–Crippen MR) is 119 cm³/mol. The highest BCUT2D eigenvalue weighted by molar-refractivity contribution is 7.13. The summed E-state index contributed by atoms with van der Waals surface area (Å²) in [7, 11) is 0. The number of hydrogen-bond acceptors (Lipinski definition) is 6. The standard InChI is InChI=1S/C23H18N4O4S/c28-22(24-25-23(29)19-14-30-17-9-4-5-10-18(17)31-19)16-13-27(15-7-2-1-3-8-15)26-21(16)20-11-6-12-32-20/h1-13,19H,14H2,(H,24,28)(H,25,29)/t19-/m0/s1. The first-order chi connectivity index (χ1) is 15.7. The Bertz CT molecular complexity index is 1250. The molecule has 0 aliphatic carbocycles. The fourth-order valence-electron chi connectivity index (χ4n) is 3.26. The summed E-state index contributed by atoms with van der Waals surface area (Å²) in [6, 6.07) is 20.4. The van der Waals surface area contributed by atoms with E-state index in [1.54, 1.807) is 29.1 Å². The normalized spacial score (nSPS) is 14.6. The molecule has 2 amide bonds. The Morgan fingerprint density at radius 1 is 0.969 bits per heavy atom. The fraction of sp³-hybridized carbons (Fsp3) is 0.0870. The van der Waals surface area contributed by atoms with E-state index in [0.717, 1.165) is 10.6 Å². The number of amides is 2. The molecule has 4 aromatic rings. The molecular weight excluding hydrogens is 428 g/mol. The average molecular weight is 446 g/mol. The average Bonchev–Trinajstić information content (AvgIpc) is 3.53.